The number of rotatable bonds is 6. The Bertz CT molecular complexity index is 1200. The number of nitrogens with one attached hydrogen (secondary N) is 1. The summed E-state index contributed by atoms with van der Waals surface area (Å²) in [5, 5.41) is 3.55. The van der Waals surface area contributed by atoms with Crippen LogP contribution in [0, 0.1) is 6.92 Å². The van der Waals surface area contributed by atoms with E-state index in [2.05, 4.69) is 10.2 Å². The van der Waals surface area contributed by atoms with Crippen molar-refractivity contribution in [1.29, 1.82) is 0 Å². The highest BCUT2D eigenvalue weighted by Gasteiger charge is 2.38. The number of halogens is 1. The van der Waals surface area contributed by atoms with Gasteiger partial charge in [-0.2, -0.15) is 0 Å². The quantitative estimate of drug-likeness (QED) is 0.577. The van der Waals surface area contributed by atoms with Crippen LogP contribution >= 0.6 is 11.6 Å². The van der Waals surface area contributed by atoms with Crippen LogP contribution in [0.2, 0.25) is 5.02 Å². The molecule has 0 unspecified atom stereocenters. The van der Waals surface area contributed by atoms with E-state index in [4.69, 9.17) is 16.3 Å². The molecule has 37 heavy (non-hydrogen) atoms. The van der Waals surface area contributed by atoms with E-state index in [0.717, 1.165) is 11.1 Å². The number of urea groups is 1. The monoisotopic (exact) mass is 524 g/mol. The molecule has 8 nitrogen and oxygen atoms in total. The van der Waals surface area contributed by atoms with Crippen molar-refractivity contribution in [2.75, 3.05) is 39.8 Å². The maximum atomic E-state index is 13.2. The molecule has 2 aromatic rings. The smallest absolute Gasteiger partial charge is 0.338 e. The molecule has 1 N–H and O–H groups in total. The number of ether oxygens (including phenoxy) is 1. The number of hydrogen-bond donors (Lipinski definition) is 1. The van der Waals surface area contributed by atoms with Crippen molar-refractivity contribution >= 4 is 29.5 Å². The van der Waals surface area contributed by atoms with Crippen LogP contribution < -0.4 is 5.32 Å². The van der Waals surface area contributed by atoms with Crippen LogP contribution in [0.4, 0.5) is 4.79 Å². The van der Waals surface area contributed by atoms with Crippen molar-refractivity contribution in [3.63, 3.8) is 0 Å². The topological polar surface area (TPSA) is 82.2 Å². The lowest BCUT2D eigenvalue weighted by Gasteiger charge is -2.42. The number of carbonyl (C=O) groups excluding carboxylic acids is 3. The maximum Gasteiger partial charge on any atom is 0.338 e. The maximum absolute atomic E-state index is 13.2. The molecule has 0 bridgehead atoms. The molecule has 2 heterocycles. The number of nitrogens with zero attached hydrogens (tertiary/aromatic N) is 3. The zero-order valence-electron chi connectivity index (χ0n) is 21.7. The zero-order chi connectivity index (χ0) is 26.7. The minimum Gasteiger partial charge on any atom is -0.463 e. The molecule has 196 valence electrons. The first kappa shape index (κ1) is 26.7. The minimum atomic E-state index is -0.608. The van der Waals surface area contributed by atoms with Gasteiger partial charge in [0.05, 0.1) is 18.2 Å². The second-order valence-electron chi connectivity index (χ2n) is 9.52. The number of benzene rings is 2. The molecule has 4 rings (SSSR count). The molecular weight excluding hydrogens is 492 g/mol. The van der Waals surface area contributed by atoms with Gasteiger partial charge in [-0.1, -0.05) is 41.4 Å². The molecule has 0 aliphatic carbocycles. The first-order chi connectivity index (χ1) is 17.7. The molecule has 0 spiro atoms. The molecule has 2 aromatic carbocycles. The van der Waals surface area contributed by atoms with Gasteiger partial charge < -0.3 is 15.0 Å². The zero-order valence-corrected chi connectivity index (χ0v) is 22.4. The van der Waals surface area contributed by atoms with Gasteiger partial charge in [-0.25, -0.2) is 9.59 Å². The van der Waals surface area contributed by atoms with Crippen molar-refractivity contribution in [2.45, 2.75) is 32.9 Å². The Morgan fingerprint density at radius 3 is 2.38 bits per heavy atom. The predicted molar refractivity (Wildman–Crippen MR) is 142 cm³/mol. The van der Waals surface area contributed by atoms with Gasteiger partial charge in [0.15, 0.2) is 0 Å². The van der Waals surface area contributed by atoms with Crippen molar-refractivity contribution in [2.24, 2.45) is 0 Å². The van der Waals surface area contributed by atoms with Crippen molar-refractivity contribution < 1.29 is 19.1 Å². The highest BCUT2D eigenvalue weighted by Crippen LogP contribution is 2.32. The number of hydrogen-bond acceptors (Lipinski definition) is 5. The Labute approximate surface area is 222 Å². The fraction of sp³-hybridized carbons (Fsp3) is 0.393. The third-order valence-electron chi connectivity index (χ3n) is 6.92. The lowest BCUT2D eigenvalue weighted by Crippen LogP contribution is -2.56. The number of carbonyl (C=O) groups is 3. The summed E-state index contributed by atoms with van der Waals surface area (Å²) in [4.78, 5) is 44.8. The number of aryl methyl sites for hydroxylation is 1. The fourth-order valence-corrected chi connectivity index (χ4v) is 4.98. The molecular formula is C28H33ClN4O4. The van der Waals surface area contributed by atoms with Gasteiger partial charge in [-0.3, -0.25) is 14.6 Å². The predicted octanol–water partition coefficient (Wildman–Crippen LogP) is 4.01. The number of amides is 3. The van der Waals surface area contributed by atoms with Gasteiger partial charge in [0, 0.05) is 55.6 Å². The minimum absolute atomic E-state index is 0.0381. The van der Waals surface area contributed by atoms with Crippen LogP contribution in [0.3, 0.4) is 0 Å². The standard InChI is InChI=1S/C28H33ClN4O4/c1-5-37-27(35)24-23(31(4)28(36)30-25(24)20-8-6-18(2)7-9-20)17-32-14-15-33(19(3)16-32)26(34)21-10-12-22(29)13-11-21/h6-13,19,25H,5,14-17H2,1-4H3,(H,30,36)/t19-,25+/m1/s1. The van der Waals surface area contributed by atoms with E-state index in [0.29, 0.717) is 48.0 Å². The van der Waals surface area contributed by atoms with Crippen molar-refractivity contribution in [1.82, 2.24) is 20.0 Å². The first-order valence-electron chi connectivity index (χ1n) is 12.5. The molecule has 2 atom stereocenters. The third kappa shape index (κ3) is 5.81. The Hall–Kier alpha value is -3.36. The first-order valence-corrected chi connectivity index (χ1v) is 12.9. The average molecular weight is 525 g/mol. The van der Waals surface area contributed by atoms with E-state index in [9.17, 15) is 14.4 Å². The molecule has 1 saturated heterocycles. The van der Waals surface area contributed by atoms with Crippen LogP contribution in [-0.2, 0) is 9.53 Å². The summed E-state index contributed by atoms with van der Waals surface area (Å²) >= 11 is 5.97. The van der Waals surface area contributed by atoms with Crippen LogP contribution in [0.1, 0.15) is 41.4 Å². The molecule has 1 fully saturated rings. The Morgan fingerprint density at radius 1 is 1.08 bits per heavy atom. The largest absolute Gasteiger partial charge is 0.463 e. The van der Waals surface area contributed by atoms with Crippen molar-refractivity contribution in [3.05, 3.63) is 81.5 Å². The molecule has 2 aliphatic heterocycles. The van der Waals surface area contributed by atoms with Gasteiger partial charge in [0.25, 0.3) is 5.91 Å². The highest BCUT2D eigenvalue weighted by molar-refractivity contribution is 6.30. The van der Waals surface area contributed by atoms with E-state index in [1.54, 1.807) is 38.2 Å². The number of likely N-dealkylation sites (N-methyl/N-ethyl adjacent to an activating group) is 1. The van der Waals surface area contributed by atoms with Crippen LogP contribution in [0.5, 0.6) is 0 Å². The number of esters is 1. The Balaban J connectivity index is 1.59. The molecule has 2 aliphatic rings. The van der Waals surface area contributed by atoms with Crippen molar-refractivity contribution in [3.8, 4) is 0 Å². The SMILES string of the molecule is CCOC(=O)C1=C(CN2CCN(C(=O)c3ccc(Cl)cc3)[C@H](C)C2)N(C)C(=O)N[C@H]1c1ccc(C)cc1. The van der Waals surface area contributed by atoms with Crippen LogP contribution in [-0.4, -0.2) is 78.5 Å². The molecule has 3 amide bonds. The summed E-state index contributed by atoms with van der Waals surface area (Å²) in [6.07, 6.45) is 0. The summed E-state index contributed by atoms with van der Waals surface area (Å²) in [5.74, 6) is -0.483. The number of piperazine rings is 1. The van der Waals surface area contributed by atoms with Crippen LogP contribution in [0.25, 0.3) is 0 Å². The second-order valence-corrected chi connectivity index (χ2v) is 9.96. The highest BCUT2D eigenvalue weighted by atomic mass is 35.5. The summed E-state index contributed by atoms with van der Waals surface area (Å²) in [6, 6.07) is 13.7. The fourth-order valence-electron chi connectivity index (χ4n) is 4.86. The summed E-state index contributed by atoms with van der Waals surface area (Å²) in [6.45, 7) is 8.11. The summed E-state index contributed by atoms with van der Waals surface area (Å²) in [5.41, 5.74) is 3.54. The second kappa shape index (κ2) is 11.4. The van der Waals surface area contributed by atoms with Crippen LogP contribution in [0.15, 0.2) is 59.8 Å². The third-order valence-corrected chi connectivity index (χ3v) is 7.17. The van der Waals surface area contributed by atoms with Gasteiger partial charge in [0.2, 0.25) is 0 Å². The van der Waals surface area contributed by atoms with E-state index < -0.39 is 12.0 Å². The Morgan fingerprint density at radius 2 is 1.76 bits per heavy atom. The normalized spacial score (nSPS) is 20.6. The summed E-state index contributed by atoms with van der Waals surface area (Å²) in [7, 11) is 1.67. The van der Waals surface area contributed by atoms with Gasteiger partial charge in [-0.05, 0) is 50.6 Å². The molecule has 0 radical (unpaired) electrons. The van der Waals surface area contributed by atoms with Gasteiger partial charge in [0.1, 0.15) is 0 Å². The lowest BCUT2D eigenvalue weighted by atomic mass is 9.93. The van der Waals surface area contributed by atoms with Gasteiger partial charge in [-0.15, -0.1) is 0 Å². The molecule has 0 aromatic heterocycles. The summed E-state index contributed by atoms with van der Waals surface area (Å²) < 4.78 is 5.43. The molecule has 0 saturated carbocycles. The van der Waals surface area contributed by atoms with E-state index in [1.807, 2.05) is 43.0 Å². The average Bonchev–Trinajstić information content (AvgIpc) is 2.87. The van der Waals surface area contributed by atoms with E-state index in [-0.39, 0.29) is 24.6 Å². The van der Waals surface area contributed by atoms with E-state index in [1.165, 1.54) is 4.90 Å². The van der Waals surface area contributed by atoms with E-state index >= 15 is 0 Å². The Kier molecular flexibility index (Phi) is 8.19. The molecule has 9 heteroatoms. The lowest BCUT2D eigenvalue weighted by molar-refractivity contribution is -0.139. The van der Waals surface area contributed by atoms with Gasteiger partial charge >= 0.3 is 12.0 Å².